The van der Waals surface area contributed by atoms with Crippen LogP contribution in [0.4, 0.5) is 0 Å². The number of aromatic nitrogens is 1. The molecular weight excluding hydrogens is 272 g/mol. The van der Waals surface area contributed by atoms with Gasteiger partial charge in [-0.1, -0.05) is 45.0 Å². The molecule has 0 fully saturated rings. The first kappa shape index (κ1) is 17.5. The van der Waals surface area contributed by atoms with Crippen LogP contribution in [0.1, 0.15) is 38.4 Å². The van der Waals surface area contributed by atoms with E-state index in [0.29, 0.717) is 6.61 Å². The van der Waals surface area contributed by atoms with Crippen molar-refractivity contribution in [1.29, 1.82) is 5.26 Å². The topological polar surface area (TPSA) is 36.9 Å². The Morgan fingerprint density at radius 3 is 2.55 bits per heavy atom. The monoisotopic (exact) mass is 295 g/mol. The molecule has 0 N–H and O–H groups in total. The third-order valence-corrected chi connectivity index (χ3v) is 2.81. The van der Waals surface area contributed by atoms with Gasteiger partial charge in [0, 0.05) is 5.56 Å². The van der Waals surface area contributed by atoms with Crippen LogP contribution >= 0.6 is 0 Å². The summed E-state index contributed by atoms with van der Waals surface area (Å²) in [7, 11) is 0. The van der Waals surface area contributed by atoms with Gasteiger partial charge in [0.1, 0.15) is 17.6 Å². The van der Waals surface area contributed by atoms with E-state index in [9.17, 15) is 0 Å². The summed E-state index contributed by atoms with van der Waals surface area (Å²) in [5, 5.41) is 9.04. The molecule has 0 aliphatic carbocycles. The van der Waals surface area contributed by atoms with Crippen molar-refractivity contribution in [3.63, 3.8) is 0 Å². The maximum absolute atomic E-state index is 9.04. The summed E-state index contributed by atoms with van der Waals surface area (Å²) < 4.78 is 7.23. The second kappa shape index (κ2) is 10.2. The van der Waals surface area contributed by atoms with Gasteiger partial charge in [-0.15, -0.1) is 4.57 Å². The van der Waals surface area contributed by atoms with E-state index in [4.69, 9.17) is 10.00 Å². The zero-order valence-electron chi connectivity index (χ0n) is 13.5. The highest BCUT2D eigenvalue weighted by Gasteiger charge is 2.03. The second-order valence-electron chi connectivity index (χ2n) is 4.32. The molecule has 114 valence electrons. The van der Waals surface area contributed by atoms with Crippen LogP contribution in [0.5, 0.6) is 5.75 Å². The molecule has 1 heterocycles. The van der Waals surface area contributed by atoms with E-state index in [-0.39, 0.29) is 0 Å². The Bertz CT molecular complexity index is 642. The van der Waals surface area contributed by atoms with Crippen molar-refractivity contribution in [2.45, 2.75) is 27.2 Å². The number of benzene rings is 1. The Hall–Kier alpha value is -2.60. The highest BCUT2D eigenvalue weighted by Crippen LogP contribution is 2.20. The number of para-hydroxylation sites is 1. The van der Waals surface area contributed by atoms with Crippen LogP contribution in [-0.4, -0.2) is 6.61 Å². The first-order valence-electron chi connectivity index (χ1n) is 7.66. The lowest BCUT2D eigenvalue weighted by Gasteiger charge is -2.07. The summed E-state index contributed by atoms with van der Waals surface area (Å²) in [4.78, 5) is 0. The lowest BCUT2D eigenvalue weighted by atomic mass is 10.1. The number of ether oxygens (including phenoxy) is 1. The van der Waals surface area contributed by atoms with Gasteiger partial charge in [0.15, 0.2) is 5.26 Å². The third-order valence-electron chi connectivity index (χ3n) is 2.81. The van der Waals surface area contributed by atoms with Crippen LogP contribution in [0.3, 0.4) is 0 Å². The molecule has 1 aromatic heterocycles. The van der Waals surface area contributed by atoms with Gasteiger partial charge >= 0.3 is 6.19 Å². The summed E-state index contributed by atoms with van der Waals surface area (Å²) in [6.45, 7) is 6.78. The summed E-state index contributed by atoms with van der Waals surface area (Å²) in [5.74, 6) is 0.866. The van der Waals surface area contributed by atoms with Crippen LogP contribution < -0.4 is 9.30 Å². The molecule has 0 unspecified atom stereocenters. The van der Waals surface area contributed by atoms with Crippen molar-refractivity contribution in [1.82, 2.24) is 0 Å². The number of nitriles is 1. The second-order valence-corrected chi connectivity index (χ2v) is 4.32. The highest BCUT2D eigenvalue weighted by atomic mass is 16.5. The number of hydrogen-bond donors (Lipinski definition) is 0. The van der Waals surface area contributed by atoms with Crippen LogP contribution in [0.25, 0.3) is 12.2 Å². The minimum absolute atomic E-state index is 0.703. The van der Waals surface area contributed by atoms with E-state index in [0.717, 1.165) is 23.4 Å². The Morgan fingerprint density at radius 1 is 1.09 bits per heavy atom. The summed E-state index contributed by atoms with van der Waals surface area (Å²) in [5.41, 5.74) is 1.84. The molecule has 0 aliphatic heterocycles. The maximum atomic E-state index is 9.04. The molecule has 2 aromatic rings. The fraction of sp³-hybridized carbons (Fsp3) is 0.263. The molecular formula is C19H23N2O+. The molecule has 3 nitrogen and oxygen atoms in total. The lowest BCUT2D eigenvalue weighted by molar-refractivity contribution is -0.588. The van der Waals surface area contributed by atoms with Gasteiger partial charge in [-0.25, -0.2) is 0 Å². The molecule has 0 bridgehead atoms. The van der Waals surface area contributed by atoms with Gasteiger partial charge in [0.25, 0.3) is 0 Å². The highest BCUT2D eigenvalue weighted by molar-refractivity contribution is 5.70. The zero-order chi connectivity index (χ0) is 16.2. The predicted octanol–water partition coefficient (Wildman–Crippen LogP) is 4.29. The average Bonchev–Trinajstić information content (AvgIpc) is 2.60. The van der Waals surface area contributed by atoms with Crippen molar-refractivity contribution >= 4 is 12.2 Å². The largest absolute Gasteiger partial charge is 0.493 e. The Kier molecular flexibility index (Phi) is 8.07. The fourth-order valence-corrected chi connectivity index (χ4v) is 1.82. The molecule has 2 rings (SSSR count). The van der Waals surface area contributed by atoms with Gasteiger partial charge in [0.05, 0.1) is 6.61 Å². The summed E-state index contributed by atoms with van der Waals surface area (Å²) in [6.07, 6.45) is 8.71. The van der Waals surface area contributed by atoms with Gasteiger partial charge in [-0.05, 0) is 36.8 Å². The van der Waals surface area contributed by atoms with E-state index in [2.05, 4.69) is 13.1 Å². The van der Waals surface area contributed by atoms with Crippen molar-refractivity contribution < 1.29 is 9.30 Å². The first-order valence-corrected chi connectivity index (χ1v) is 7.66. The molecule has 0 saturated carbocycles. The molecule has 0 saturated heterocycles. The number of rotatable bonds is 5. The minimum atomic E-state index is 0.703. The van der Waals surface area contributed by atoms with Crippen LogP contribution in [0.15, 0.2) is 48.7 Å². The molecule has 3 heteroatoms. The van der Waals surface area contributed by atoms with Crippen molar-refractivity contribution in [2.24, 2.45) is 0 Å². The fourth-order valence-electron chi connectivity index (χ4n) is 1.82. The van der Waals surface area contributed by atoms with E-state index in [1.807, 2.05) is 68.5 Å². The van der Waals surface area contributed by atoms with E-state index in [1.54, 1.807) is 6.20 Å². The van der Waals surface area contributed by atoms with E-state index in [1.165, 1.54) is 4.57 Å². The Morgan fingerprint density at radius 2 is 1.82 bits per heavy atom. The van der Waals surface area contributed by atoms with E-state index >= 15 is 0 Å². The smallest absolute Gasteiger partial charge is 0.464 e. The normalized spacial score (nSPS) is 9.73. The van der Waals surface area contributed by atoms with Gasteiger partial charge in [0.2, 0.25) is 0 Å². The minimum Gasteiger partial charge on any atom is -0.493 e. The lowest BCUT2D eigenvalue weighted by Crippen LogP contribution is -2.30. The Balaban J connectivity index is 0.00000116. The maximum Gasteiger partial charge on any atom is 0.464 e. The zero-order valence-corrected chi connectivity index (χ0v) is 13.5. The van der Waals surface area contributed by atoms with E-state index < -0.39 is 0 Å². The summed E-state index contributed by atoms with van der Waals surface area (Å²) >= 11 is 0. The molecule has 1 aromatic carbocycles. The third kappa shape index (κ3) is 5.06. The quantitative estimate of drug-likeness (QED) is 0.772. The van der Waals surface area contributed by atoms with Gasteiger partial charge in [-0.2, -0.15) is 0 Å². The molecule has 0 radical (unpaired) electrons. The molecule has 0 amide bonds. The molecule has 0 spiro atoms. The van der Waals surface area contributed by atoms with Gasteiger partial charge < -0.3 is 4.74 Å². The SMILES string of the molecule is CC.CCCOc1ccccc1/C=C/c1cccc[n+]1C#N. The van der Waals surface area contributed by atoms with Gasteiger partial charge in [-0.3, -0.25) is 0 Å². The van der Waals surface area contributed by atoms with Crippen LogP contribution in [-0.2, 0) is 0 Å². The van der Waals surface area contributed by atoms with Crippen LogP contribution in [0, 0.1) is 11.5 Å². The van der Waals surface area contributed by atoms with Crippen LogP contribution in [0.2, 0.25) is 0 Å². The Labute approximate surface area is 133 Å². The number of hydrogen-bond acceptors (Lipinski definition) is 2. The average molecular weight is 295 g/mol. The molecule has 0 atom stereocenters. The number of pyridine rings is 1. The van der Waals surface area contributed by atoms with Crippen molar-refractivity contribution in [3.8, 4) is 11.9 Å². The number of nitrogens with zero attached hydrogens (tertiary/aromatic N) is 2. The molecule has 0 aliphatic rings. The predicted molar refractivity (Wildman–Crippen MR) is 90.2 cm³/mol. The first-order chi connectivity index (χ1) is 10.8. The standard InChI is InChI=1S/C17H17N2O.C2H6/c1-2-13-20-17-9-4-3-7-15(17)10-11-16-8-5-6-12-19(16)14-18;1-2/h3-12H,2,13H2,1H3;1-2H3/q+1;/b11-10+;. The van der Waals surface area contributed by atoms with Crippen molar-refractivity contribution in [3.05, 3.63) is 59.9 Å². The molecule has 22 heavy (non-hydrogen) atoms. The summed E-state index contributed by atoms with van der Waals surface area (Å²) in [6, 6.07) is 13.5. The van der Waals surface area contributed by atoms with Crippen molar-refractivity contribution in [2.75, 3.05) is 6.61 Å².